The molecule has 0 spiro atoms. The van der Waals surface area contributed by atoms with Crippen molar-refractivity contribution in [3.8, 4) is 11.3 Å². The summed E-state index contributed by atoms with van der Waals surface area (Å²) in [6.45, 7) is 2.00. The number of aromatic nitrogens is 3. The minimum atomic E-state index is -0.288. The molecule has 0 radical (unpaired) electrons. The molecule has 28 heavy (non-hydrogen) atoms. The van der Waals surface area contributed by atoms with Crippen molar-refractivity contribution in [2.45, 2.75) is 11.8 Å². The Kier molecular flexibility index (Phi) is 4.99. The van der Waals surface area contributed by atoms with Crippen molar-refractivity contribution in [3.05, 3.63) is 72.7 Å². The van der Waals surface area contributed by atoms with E-state index in [1.54, 1.807) is 18.0 Å². The van der Waals surface area contributed by atoms with E-state index in [1.807, 2.05) is 78.4 Å². The van der Waals surface area contributed by atoms with Crippen LogP contribution in [-0.2, 0) is 0 Å². The molecule has 7 heteroatoms. The zero-order valence-electron chi connectivity index (χ0n) is 15.5. The molecule has 2 N–H and O–H groups in total. The van der Waals surface area contributed by atoms with Crippen LogP contribution in [0.4, 0.5) is 16.2 Å². The SMILES string of the molecule is CSc1cccc(NC(=O)Nc2cccc(-c3nc4ncccn4c3C)c2)c1. The first kappa shape index (κ1) is 18.1. The number of hydrogen-bond acceptors (Lipinski definition) is 4. The second-order valence-electron chi connectivity index (χ2n) is 6.23. The van der Waals surface area contributed by atoms with Gasteiger partial charge in [0.2, 0.25) is 5.78 Å². The van der Waals surface area contributed by atoms with E-state index in [4.69, 9.17) is 0 Å². The summed E-state index contributed by atoms with van der Waals surface area (Å²) in [5.74, 6) is 0.653. The third-order valence-electron chi connectivity index (χ3n) is 4.36. The maximum atomic E-state index is 12.4. The van der Waals surface area contributed by atoms with Gasteiger partial charge in [0.05, 0.1) is 5.69 Å². The van der Waals surface area contributed by atoms with E-state index in [1.165, 1.54) is 0 Å². The third kappa shape index (κ3) is 3.70. The van der Waals surface area contributed by atoms with Crippen LogP contribution < -0.4 is 10.6 Å². The number of benzene rings is 2. The van der Waals surface area contributed by atoms with Crippen molar-refractivity contribution in [1.29, 1.82) is 0 Å². The predicted molar refractivity (Wildman–Crippen MR) is 114 cm³/mol. The number of fused-ring (bicyclic) bond motifs is 1. The number of carbonyl (C=O) groups is 1. The van der Waals surface area contributed by atoms with Crippen LogP contribution >= 0.6 is 11.8 Å². The molecule has 4 rings (SSSR count). The van der Waals surface area contributed by atoms with Gasteiger partial charge in [-0.1, -0.05) is 18.2 Å². The molecule has 4 aromatic rings. The monoisotopic (exact) mass is 389 g/mol. The van der Waals surface area contributed by atoms with Crippen molar-refractivity contribution >= 4 is 34.9 Å². The Bertz CT molecular complexity index is 1150. The molecule has 0 aliphatic heterocycles. The van der Waals surface area contributed by atoms with Crippen LogP contribution in [0, 0.1) is 6.92 Å². The van der Waals surface area contributed by atoms with Crippen molar-refractivity contribution in [2.24, 2.45) is 0 Å². The van der Waals surface area contributed by atoms with Gasteiger partial charge in [-0.05, 0) is 49.6 Å². The zero-order chi connectivity index (χ0) is 19.5. The normalized spacial score (nSPS) is 10.8. The molecule has 0 fully saturated rings. The number of imidazole rings is 1. The van der Waals surface area contributed by atoms with E-state index in [-0.39, 0.29) is 6.03 Å². The number of aryl methyl sites for hydroxylation is 1. The highest BCUT2D eigenvalue weighted by Gasteiger charge is 2.12. The fraction of sp³-hybridized carbons (Fsp3) is 0.0952. The van der Waals surface area contributed by atoms with Gasteiger partial charge in [-0.3, -0.25) is 4.40 Å². The number of carbonyl (C=O) groups excluding carboxylic acids is 1. The Morgan fingerprint density at radius 2 is 1.79 bits per heavy atom. The first-order valence-electron chi connectivity index (χ1n) is 8.76. The highest BCUT2D eigenvalue weighted by molar-refractivity contribution is 7.98. The van der Waals surface area contributed by atoms with Crippen molar-refractivity contribution in [3.63, 3.8) is 0 Å². The lowest BCUT2D eigenvalue weighted by Crippen LogP contribution is -2.19. The molecule has 0 atom stereocenters. The van der Waals surface area contributed by atoms with E-state index in [0.717, 1.165) is 27.5 Å². The van der Waals surface area contributed by atoms with Gasteiger partial charge in [0, 0.05) is 39.9 Å². The van der Waals surface area contributed by atoms with E-state index in [9.17, 15) is 4.79 Å². The molecule has 2 amide bonds. The molecule has 0 saturated carbocycles. The molecule has 2 aromatic carbocycles. The summed E-state index contributed by atoms with van der Waals surface area (Å²) in [4.78, 5) is 22.4. The van der Waals surface area contributed by atoms with Crippen LogP contribution in [0.1, 0.15) is 5.69 Å². The zero-order valence-corrected chi connectivity index (χ0v) is 16.3. The first-order valence-corrected chi connectivity index (χ1v) is 9.99. The van der Waals surface area contributed by atoms with Crippen LogP contribution in [0.25, 0.3) is 17.0 Å². The van der Waals surface area contributed by atoms with Gasteiger partial charge in [0.1, 0.15) is 0 Å². The highest BCUT2D eigenvalue weighted by atomic mass is 32.2. The maximum Gasteiger partial charge on any atom is 0.323 e. The third-order valence-corrected chi connectivity index (χ3v) is 5.09. The average Bonchev–Trinajstić information content (AvgIpc) is 3.05. The molecule has 0 saturated heterocycles. The predicted octanol–water partition coefficient (Wildman–Crippen LogP) is 5.07. The number of nitrogens with one attached hydrogen (secondary N) is 2. The summed E-state index contributed by atoms with van der Waals surface area (Å²) in [7, 11) is 0. The quantitative estimate of drug-likeness (QED) is 0.478. The number of amides is 2. The lowest BCUT2D eigenvalue weighted by atomic mass is 10.1. The van der Waals surface area contributed by atoms with E-state index in [2.05, 4.69) is 20.6 Å². The van der Waals surface area contributed by atoms with Gasteiger partial charge in [0.15, 0.2) is 0 Å². The van der Waals surface area contributed by atoms with Crippen LogP contribution in [-0.4, -0.2) is 26.7 Å². The Morgan fingerprint density at radius 3 is 2.54 bits per heavy atom. The van der Waals surface area contributed by atoms with Crippen molar-refractivity contribution < 1.29 is 4.79 Å². The van der Waals surface area contributed by atoms with Gasteiger partial charge in [-0.25, -0.2) is 14.8 Å². The van der Waals surface area contributed by atoms with E-state index < -0.39 is 0 Å². The molecular weight excluding hydrogens is 370 g/mol. The second-order valence-corrected chi connectivity index (χ2v) is 7.11. The summed E-state index contributed by atoms with van der Waals surface area (Å²) in [6, 6.07) is 16.9. The van der Waals surface area contributed by atoms with Crippen LogP contribution in [0.5, 0.6) is 0 Å². The van der Waals surface area contributed by atoms with E-state index >= 15 is 0 Å². The fourth-order valence-corrected chi connectivity index (χ4v) is 3.47. The lowest BCUT2D eigenvalue weighted by Gasteiger charge is -2.09. The van der Waals surface area contributed by atoms with Crippen molar-refractivity contribution in [2.75, 3.05) is 16.9 Å². The molecule has 0 unspecified atom stereocenters. The van der Waals surface area contributed by atoms with Crippen LogP contribution in [0.2, 0.25) is 0 Å². The number of urea groups is 1. The maximum absolute atomic E-state index is 12.4. The number of rotatable bonds is 4. The van der Waals surface area contributed by atoms with E-state index in [0.29, 0.717) is 11.5 Å². The fourth-order valence-electron chi connectivity index (χ4n) is 3.01. The molecule has 2 aromatic heterocycles. The Hall–Kier alpha value is -3.32. The summed E-state index contributed by atoms with van der Waals surface area (Å²) in [6.07, 6.45) is 5.66. The number of hydrogen-bond donors (Lipinski definition) is 2. The smallest absolute Gasteiger partial charge is 0.308 e. The average molecular weight is 389 g/mol. The Morgan fingerprint density at radius 1 is 1.04 bits per heavy atom. The molecule has 0 bridgehead atoms. The molecule has 140 valence electrons. The highest BCUT2D eigenvalue weighted by Crippen LogP contribution is 2.26. The number of thioether (sulfide) groups is 1. The van der Waals surface area contributed by atoms with Gasteiger partial charge >= 0.3 is 6.03 Å². The Labute approximate surface area is 167 Å². The second kappa shape index (κ2) is 7.74. The number of nitrogens with zero attached hydrogens (tertiary/aromatic N) is 3. The molecule has 2 heterocycles. The largest absolute Gasteiger partial charge is 0.323 e. The summed E-state index contributed by atoms with van der Waals surface area (Å²) >= 11 is 1.63. The van der Waals surface area contributed by atoms with Crippen molar-refractivity contribution in [1.82, 2.24) is 14.4 Å². The lowest BCUT2D eigenvalue weighted by molar-refractivity contribution is 0.262. The summed E-state index contributed by atoms with van der Waals surface area (Å²) < 4.78 is 1.95. The van der Waals surface area contributed by atoms with Crippen LogP contribution in [0.15, 0.2) is 71.9 Å². The Balaban J connectivity index is 1.55. The minimum absolute atomic E-state index is 0.288. The number of anilines is 2. The topological polar surface area (TPSA) is 71.3 Å². The van der Waals surface area contributed by atoms with Gasteiger partial charge < -0.3 is 10.6 Å². The van der Waals surface area contributed by atoms with Crippen LogP contribution in [0.3, 0.4) is 0 Å². The summed E-state index contributed by atoms with van der Waals surface area (Å²) in [5.41, 5.74) is 4.21. The first-order chi connectivity index (χ1) is 13.6. The van der Waals surface area contributed by atoms with Gasteiger partial charge in [-0.2, -0.15) is 0 Å². The van der Waals surface area contributed by atoms with Gasteiger partial charge in [0.25, 0.3) is 0 Å². The van der Waals surface area contributed by atoms with Gasteiger partial charge in [-0.15, -0.1) is 11.8 Å². The molecular formula is C21H19N5OS. The standard InChI is InChI=1S/C21H19N5OS/c1-14-19(25-20-22-10-5-11-26(14)20)15-6-3-7-16(12-15)23-21(27)24-17-8-4-9-18(13-17)28-2/h3-13H,1-2H3,(H2,23,24,27). The molecule has 0 aliphatic rings. The molecule has 0 aliphatic carbocycles. The minimum Gasteiger partial charge on any atom is -0.308 e. The summed E-state index contributed by atoms with van der Waals surface area (Å²) in [5, 5.41) is 5.75. The molecule has 6 nitrogen and oxygen atoms in total.